The van der Waals surface area contributed by atoms with Gasteiger partial charge in [0.25, 0.3) is 0 Å². The monoisotopic (exact) mass is 344 g/mol. The number of fused-ring (bicyclic) bond motifs is 3. The molecule has 6 nitrogen and oxygen atoms in total. The van der Waals surface area contributed by atoms with E-state index in [9.17, 15) is 5.26 Å². The molecule has 0 bridgehead atoms. The quantitative estimate of drug-likeness (QED) is 0.732. The van der Waals surface area contributed by atoms with E-state index in [0.717, 1.165) is 28.4 Å². The molecule has 0 unspecified atom stereocenters. The van der Waals surface area contributed by atoms with Gasteiger partial charge in [-0.2, -0.15) is 5.26 Å². The van der Waals surface area contributed by atoms with Crippen LogP contribution in [0, 0.1) is 11.3 Å². The Morgan fingerprint density at radius 1 is 1.12 bits per heavy atom. The van der Waals surface area contributed by atoms with Crippen molar-refractivity contribution in [3.05, 3.63) is 71.3 Å². The summed E-state index contributed by atoms with van der Waals surface area (Å²) in [6.07, 6.45) is 3.66. The molecule has 2 heterocycles. The van der Waals surface area contributed by atoms with Gasteiger partial charge in [0.1, 0.15) is 5.82 Å². The fourth-order valence-electron chi connectivity index (χ4n) is 3.15. The number of ether oxygens (including phenoxy) is 2. The van der Waals surface area contributed by atoms with E-state index in [1.54, 1.807) is 26.5 Å². The number of benzene rings is 2. The van der Waals surface area contributed by atoms with Gasteiger partial charge in [-0.1, -0.05) is 12.1 Å². The van der Waals surface area contributed by atoms with Crippen LogP contribution >= 0.6 is 0 Å². The maximum atomic E-state index is 9.23. The zero-order valence-corrected chi connectivity index (χ0v) is 14.4. The Morgan fingerprint density at radius 2 is 1.92 bits per heavy atom. The van der Waals surface area contributed by atoms with Crippen molar-refractivity contribution in [2.75, 3.05) is 14.2 Å². The van der Waals surface area contributed by atoms with Crippen LogP contribution in [0.15, 0.2) is 53.8 Å². The van der Waals surface area contributed by atoms with Gasteiger partial charge in [0.05, 0.1) is 43.8 Å². The SMILES string of the molecule is COc1cc2c(cc1OC)-n1ccnc1CN=C2c1cccc(C#N)c1. The van der Waals surface area contributed by atoms with Crippen LogP contribution in [0.3, 0.4) is 0 Å². The van der Waals surface area contributed by atoms with Gasteiger partial charge >= 0.3 is 0 Å². The van der Waals surface area contributed by atoms with Crippen molar-refractivity contribution in [2.45, 2.75) is 6.54 Å². The Labute approximate surface area is 151 Å². The maximum Gasteiger partial charge on any atom is 0.162 e. The highest BCUT2D eigenvalue weighted by Gasteiger charge is 2.22. The molecule has 2 aromatic carbocycles. The largest absolute Gasteiger partial charge is 0.493 e. The van der Waals surface area contributed by atoms with Crippen LogP contribution in [-0.4, -0.2) is 29.5 Å². The van der Waals surface area contributed by atoms with Crippen LogP contribution < -0.4 is 9.47 Å². The summed E-state index contributed by atoms with van der Waals surface area (Å²) in [5.41, 5.74) is 4.07. The molecule has 0 N–H and O–H groups in total. The third-order valence-corrected chi connectivity index (χ3v) is 4.38. The Morgan fingerprint density at radius 3 is 2.69 bits per heavy atom. The molecule has 128 valence electrons. The molecule has 0 amide bonds. The number of nitriles is 1. The Kier molecular flexibility index (Phi) is 3.90. The zero-order chi connectivity index (χ0) is 18.1. The lowest BCUT2D eigenvalue weighted by Crippen LogP contribution is -2.08. The Balaban J connectivity index is 1.99. The minimum atomic E-state index is 0.443. The first-order valence-corrected chi connectivity index (χ1v) is 8.09. The van der Waals surface area contributed by atoms with E-state index in [1.165, 1.54) is 0 Å². The van der Waals surface area contributed by atoms with Gasteiger partial charge in [-0.05, 0) is 18.2 Å². The van der Waals surface area contributed by atoms with E-state index in [-0.39, 0.29) is 0 Å². The first-order valence-electron chi connectivity index (χ1n) is 8.09. The van der Waals surface area contributed by atoms with Crippen LogP contribution in [0.2, 0.25) is 0 Å². The van der Waals surface area contributed by atoms with Crippen LogP contribution in [0.5, 0.6) is 11.5 Å². The van der Waals surface area contributed by atoms with Gasteiger partial charge in [0.15, 0.2) is 11.5 Å². The van der Waals surface area contributed by atoms with Crippen molar-refractivity contribution < 1.29 is 9.47 Å². The molecule has 6 heteroatoms. The first kappa shape index (κ1) is 15.9. The van der Waals surface area contributed by atoms with E-state index >= 15 is 0 Å². The van der Waals surface area contributed by atoms with Gasteiger partial charge in [-0.15, -0.1) is 0 Å². The smallest absolute Gasteiger partial charge is 0.162 e. The second kappa shape index (κ2) is 6.37. The fraction of sp³-hybridized carbons (Fsp3) is 0.150. The van der Waals surface area contributed by atoms with Gasteiger partial charge in [-0.25, -0.2) is 4.98 Å². The normalized spacial score (nSPS) is 12.3. The number of nitrogens with zero attached hydrogens (tertiary/aromatic N) is 4. The summed E-state index contributed by atoms with van der Waals surface area (Å²) < 4.78 is 13.0. The van der Waals surface area contributed by atoms with Gasteiger partial charge in [-0.3, -0.25) is 4.99 Å². The summed E-state index contributed by atoms with van der Waals surface area (Å²) in [6, 6.07) is 13.5. The molecule has 0 fully saturated rings. The highest BCUT2D eigenvalue weighted by atomic mass is 16.5. The fourth-order valence-corrected chi connectivity index (χ4v) is 3.15. The molecule has 0 saturated heterocycles. The van der Waals surface area contributed by atoms with E-state index in [2.05, 4.69) is 11.1 Å². The van der Waals surface area contributed by atoms with E-state index < -0.39 is 0 Å². The number of aliphatic imine (C=N–C) groups is 1. The van der Waals surface area contributed by atoms with E-state index in [0.29, 0.717) is 23.6 Å². The van der Waals surface area contributed by atoms with Gasteiger partial charge < -0.3 is 14.0 Å². The van der Waals surface area contributed by atoms with Gasteiger partial charge in [0, 0.05) is 29.6 Å². The minimum absolute atomic E-state index is 0.443. The number of aromatic nitrogens is 2. The third-order valence-electron chi connectivity index (χ3n) is 4.38. The summed E-state index contributed by atoms with van der Waals surface area (Å²) in [7, 11) is 3.22. The predicted octanol–water partition coefficient (Wildman–Crippen LogP) is 3.11. The Bertz CT molecular complexity index is 1060. The molecular weight excluding hydrogens is 328 g/mol. The lowest BCUT2D eigenvalue weighted by molar-refractivity contribution is 0.355. The second-order valence-corrected chi connectivity index (χ2v) is 5.80. The molecule has 0 radical (unpaired) electrons. The summed E-state index contributed by atoms with van der Waals surface area (Å²) in [4.78, 5) is 9.19. The topological polar surface area (TPSA) is 72.4 Å². The molecule has 4 rings (SSSR count). The lowest BCUT2D eigenvalue weighted by Gasteiger charge is -2.16. The molecule has 0 spiro atoms. The van der Waals surface area contributed by atoms with Crippen molar-refractivity contribution in [1.29, 1.82) is 5.26 Å². The molecule has 1 aliphatic heterocycles. The second-order valence-electron chi connectivity index (χ2n) is 5.80. The molecule has 1 aliphatic rings. The van der Waals surface area contributed by atoms with Crippen LogP contribution in [0.1, 0.15) is 22.5 Å². The predicted molar refractivity (Wildman–Crippen MR) is 97.2 cm³/mol. The highest BCUT2D eigenvalue weighted by molar-refractivity contribution is 6.15. The number of hydrogen-bond acceptors (Lipinski definition) is 5. The van der Waals surface area contributed by atoms with E-state index in [4.69, 9.17) is 14.5 Å². The summed E-state index contributed by atoms with van der Waals surface area (Å²) in [5.74, 6) is 2.10. The Hall–Kier alpha value is -3.59. The summed E-state index contributed by atoms with van der Waals surface area (Å²) >= 11 is 0. The van der Waals surface area contributed by atoms with Crippen molar-refractivity contribution in [1.82, 2.24) is 9.55 Å². The van der Waals surface area contributed by atoms with Crippen molar-refractivity contribution >= 4 is 5.71 Å². The van der Waals surface area contributed by atoms with Crippen LogP contribution in [0.25, 0.3) is 5.69 Å². The lowest BCUT2D eigenvalue weighted by atomic mass is 9.98. The highest BCUT2D eigenvalue weighted by Crippen LogP contribution is 2.35. The average Bonchev–Trinajstić information content (AvgIpc) is 3.10. The van der Waals surface area contributed by atoms with Crippen LogP contribution in [0.4, 0.5) is 0 Å². The summed E-state index contributed by atoms with van der Waals surface area (Å²) in [6.45, 7) is 0.443. The number of hydrogen-bond donors (Lipinski definition) is 0. The van der Waals surface area contributed by atoms with E-state index in [1.807, 2.05) is 41.1 Å². The number of rotatable bonds is 3. The molecule has 26 heavy (non-hydrogen) atoms. The summed E-state index contributed by atoms with van der Waals surface area (Å²) in [5, 5.41) is 9.23. The first-order chi connectivity index (χ1) is 12.7. The molecule has 0 aliphatic carbocycles. The maximum absolute atomic E-state index is 9.23. The third kappa shape index (κ3) is 2.50. The van der Waals surface area contributed by atoms with Crippen molar-refractivity contribution in [3.8, 4) is 23.3 Å². The van der Waals surface area contributed by atoms with Crippen LogP contribution in [-0.2, 0) is 6.54 Å². The van der Waals surface area contributed by atoms with Gasteiger partial charge in [0.2, 0.25) is 0 Å². The number of imidazole rings is 1. The zero-order valence-electron chi connectivity index (χ0n) is 14.4. The van der Waals surface area contributed by atoms with Crippen molar-refractivity contribution in [3.63, 3.8) is 0 Å². The standard InChI is InChI=1S/C20H16N4O2/c1-25-17-9-15-16(10-18(17)26-2)24-7-6-22-19(24)12-23-20(15)14-5-3-4-13(8-14)11-21/h3-10H,12H2,1-2H3. The minimum Gasteiger partial charge on any atom is -0.493 e. The molecule has 0 atom stereocenters. The molecule has 3 aromatic rings. The van der Waals surface area contributed by atoms with Crippen molar-refractivity contribution in [2.24, 2.45) is 4.99 Å². The average molecular weight is 344 g/mol. The number of methoxy groups -OCH3 is 2. The molecule has 1 aromatic heterocycles. The molecular formula is C20H16N4O2. The molecule has 0 saturated carbocycles.